The van der Waals surface area contributed by atoms with Gasteiger partial charge in [-0.3, -0.25) is 0 Å². The van der Waals surface area contributed by atoms with Crippen LogP contribution in [0.3, 0.4) is 0 Å². The lowest BCUT2D eigenvalue weighted by molar-refractivity contribution is -0.138. The molecule has 1 rings (SSSR count). The van der Waals surface area contributed by atoms with Gasteiger partial charge in [0, 0.05) is 0 Å². The lowest BCUT2D eigenvalue weighted by atomic mass is 9.85. The van der Waals surface area contributed by atoms with Gasteiger partial charge >= 0.3 is 6.18 Å². The van der Waals surface area contributed by atoms with Crippen LogP contribution in [0, 0.1) is 0 Å². The van der Waals surface area contributed by atoms with Gasteiger partial charge in [0.1, 0.15) is 0 Å². The fourth-order valence-electron chi connectivity index (χ4n) is 2.12. The summed E-state index contributed by atoms with van der Waals surface area (Å²) in [5.74, 6) is 0.0477. The van der Waals surface area contributed by atoms with E-state index in [1.54, 1.807) is 0 Å². The third kappa shape index (κ3) is 3.02. The summed E-state index contributed by atoms with van der Waals surface area (Å²) in [5, 5.41) is 0. The van der Waals surface area contributed by atoms with Crippen LogP contribution < -0.4 is 0 Å². The maximum Gasteiger partial charge on any atom is 0.416 e. The SMILES string of the molecule is CCC(C)c1cccc(C(F)(F)F)c1C(C)C. The van der Waals surface area contributed by atoms with Crippen molar-refractivity contribution in [2.45, 2.75) is 52.1 Å². The second-order valence-electron chi connectivity index (χ2n) is 4.77. The highest BCUT2D eigenvalue weighted by Crippen LogP contribution is 2.39. The van der Waals surface area contributed by atoms with Gasteiger partial charge in [-0.05, 0) is 35.4 Å². The van der Waals surface area contributed by atoms with E-state index in [1.807, 2.05) is 33.8 Å². The molecule has 0 aliphatic rings. The molecule has 1 atom stereocenters. The van der Waals surface area contributed by atoms with Crippen molar-refractivity contribution in [2.24, 2.45) is 0 Å². The van der Waals surface area contributed by atoms with Crippen LogP contribution in [0.5, 0.6) is 0 Å². The second-order valence-corrected chi connectivity index (χ2v) is 4.77. The summed E-state index contributed by atoms with van der Waals surface area (Å²) < 4.78 is 38.9. The zero-order valence-corrected chi connectivity index (χ0v) is 10.7. The lowest BCUT2D eigenvalue weighted by Crippen LogP contribution is -2.13. The highest BCUT2D eigenvalue weighted by molar-refractivity contribution is 5.41. The van der Waals surface area contributed by atoms with Crippen LogP contribution in [0.25, 0.3) is 0 Å². The summed E-state index contributed by atoms with van der Waals surface area (Å²) in [7, 11) is 0. The Morgan fingerprint density at radius 3 is 2.12 bits per heavy atom. The van der Waals surface area contributed by atoms with Gasteiger partial charge in [-0.15, -0.1) is 0 Å². The molecule has 0 radical (unpaired) electrons. The highest BCUT2D eigenvalue weighted by Gasteiger charge is 2.35. The molecule has 1 unspecified atom stereocenters. The third-order valence-electron chi connectivity index (χ3n) is 3.17. The Balaban J connectivity index is 3.43. The van der Waals surface area contributed by atoms with Gasteiger partial charge in [-0.25, -0.2) is 0 Å². The Morgan fingerprint density at radius 2 is 1.71 bits per heavy atom. The molecule has 17 heavy (non-hydrogen) atoms. The summed E-state index contributed by atoms with van der Waals surface area (Å²) in [6.45, 7) is 7.60. The smallest absolute Gasteiger partial charge is 0.166 e. The molecule has 0 nitrogen and oxygen atoms in total. The molecule has 0 bridgehead atoms. The molecule has 0 N–H and O–H groups in total. The quantitative estimate of drug-likeness (QED) is 0.673. The van der Waals surface area contributed by atoms with Crippen LogP contribution in [-0.4, -0.2) is 0 Å². The summed E-state index contributed by atoms with van der Waals surface area (Å²) >= 11 is 0. The van der Waals surface area contributed by atoms with Gasteiger partial charge in [0.15, 0.2) is 0 Å². The minimum absolute atomic E-state index is 0.114. The minimum atomic E-state index is -4.26. The first-order valence-corrected chi connectivity index (χ1v) is 5.99. The minimum Gasteiger partial charge on any atom is -0.166 e. The van der Waals surface area contributed by atoms with Crippen molar-refractivity contribution in [3.8, 4) is 0 Å². The van der Waals surface area contributed by atoms with Gasteiger partial charge in [0.2, 0.25) is 0 Å². The summed E-state index contributed by atoms with van der Waals surface area (Å²) in [6, 6.07) is 4.51. The van der Waals surface area contributed by atoms with Crippen LogP contribution in [0.4, 0.5) is 13.2 Å². The van der Waals surface area contributed by atoms with Crippen molar-refractivity contribution >= 4 is 0 Å². The zero-order valence-electron chi connectivity index (χ0n) is 10.7. The van der Waals surface area contributed by atoms with Crippen molar-refractivity contribution in [3.05, 3.63) is 34.9 Å². The zero-order chi connectivity index (χ0) is 13.2. The fraction of sp³-hybridized carbons (Fsp3) is 0.571. The Bertz CT molecular complexity index is 378. The lowest BCUT2D eigenvalue weighted by Gasteiger charge is -2.22. The van der Waals surface area contributed by atoms with Crippen LogP contribution in [0.1, 0.15) is 62.6 Å². The Morgan fingerprint density at radius 1 is 1.12 bits per heavy atom. The van der Waals surface area contributed by atoms with Gasteiger partial charge < -0.3 is 0 Å². The number of benzene rings is 1. The molecule has 0 aromatic heterocycles. The first kappa shape index (κ1) is 14.1. The molecule has 3 heteroatoms. The van der Waals surface area contributed by atoms with Crippen LogP contribution in [0.15, 0.2) is 18.2 Å². The van der Waals surface area contributed by atoms with Crippen molar-refractivity contribution in [1.82, 2.24) is 0 Å². The highest BCUT2D eigenvalue weighted by atomic mass is 19.4. The third-order valence-corrected chi connectivity index (χ3v) is 3.17. The van der Waals surface area contributed by atoms with E-state index in [9.17, 15) is 13.2 Å². The first-order chi connectivity index (χ1) is 7.79. The van der Waals surface area contributed by atoms with E-state index in [4.69, 9.17) is 0 Å². The van der Waals surface area contributed by atoms with E-state index in [2.05, 4.69) is 0 Å². The van der Waals surface area contributed by atoms with E-state index < -0.39 is 11.7 Å². The maximum atomic E-state index is 13.0. The number of hydrogen-bond donors (Lipinski definition) is 0. The average molecular weight is 244 g/mol. The molecule has 96 valence electrons. The molecule has 0 spiro atoms. The monoisotopic (exact) mass is 244 g/mol. The molecule has 1 aromatic carbocycles. The Kier molecular flexibility index (Phi) is 4.23. The number of alkyl halides is 3. The van der Waals surface area contributed by atoms with Crippen molar-refractivity contribution in [1.29, 1.82) is 0 Å². The van der Waals surface area contributed by atoms with Gasteiger partial charge in [-0.2, -0.15) is 13.2 Å². The molecule has 0 saturated carbocycles. The summed E-state index contributed by atoms with van der Waals surface area (Å²) in [6.07, 6.45) is -3.41. The largest absolute Gasteiger partial charge is 0.416 e. The molecule has 0 fully saturated rings. The summed E-state index contributed by atoms with van der Waals surface area (Å²) in [5.41, 5.74) is 0.803. The van der Waals surface area contributed by atoms with Crippen molar-refractivity contribution in [2.75, 3.05) is 0 Å². The number of halogens is 3. The molecule has 0 aliphatic heterocycles. The van der Waals surface area contributed by atoms with Crippen LogP contribution in [-0.2, 0) is 6.18 Å². The van der Waals surface area contributed by atoms with Crippen LogP contribution in [0.2, 0.25) is 0 Å². The molecule has 0 aliphatic carbocycles. The molecule has 0 saturated heterocycles. The number of hydrogen-bond acceptors (Lipinski definition) is 0. The van der Waals surface area contributed by atoms with E-state index in [-0.39, 0.29) is 11.8 Å². The molecule has 0 heterocycles. The second kappa shape index (κ2) is 5.11. The normalized spacial score (nSPS) is 14.1. The predicted molar refractivity (Wildman–Crippen MR) is 64.2 cm³/mol. The van der Waals surface area contributed by atoms with Gasteiger partial charge in [0.05, 0.1) is 5.56 Å². The van der Waals surface area contributed by atoms with Crippen molar-refractivity contribution in [3.63, 3.8) is 0 Å². The summed E-state index contributed by atoms with van der Waals surface area (Å²) in [4.78, 5) is 0. The molecular formula is C14H19F3. The molecule has 1 aromatic rings. The Labute approximate surface area is 101 Å². The van der Waals surface area contributed by atoms with Crippen molar-refractivity contribution < 1.29 is 13.2 Å². The van der Waals surface area contributed by atoms with Gasteiger partial charge in [-0.1, -0.05) is 39.8 Å². The topological polar surface area (TPSA) is 0 Å². The average Bonchev–Trinajstić information content (AvgIpc) is 2.25. The molecule has 0 amide bonds. The van der Waals surface area contributed by atoms with E-state index in [0.29, 0.717) is 5.56 Å². The van der Waals surface area contributed by atoms with Gasteiger partial charge in [0.25, 0.3) is 0 Å². The van der Waals surface area contributed by atoms with Crippen LogP contribution >= 0.6 is 0 Å². The predicted octanol–water partition coefficient (Wildman–Crippen LogP) is 5.34. The van der Waals surface area contributed by atoms with E-state index in [1.165, 1.54) is 12.1 Å². The van der Waals surface area contributed by atoms with E-state index in [0.717, 1.165) is 12.0 Å². The standard InChI is InChI=1S/C14H19F3/c1-5-10(4)11-7-6-8-12(14(15,16)17)13(11)9(2)3/h6-10H,5H2,1-4H3. The maximum absolute atomic E-state index is 13.0. The Hall–Kier alpha value is -0.990. The number of rotatable bonds is 3. The van der Waals surface area contributed by atoms with E-state index >= 15 is 0 Å². The molecular weight excluding hydrogens is 225 g/mol. The first-order valence-electron chi connectivity index (χ1n) is 5.99. The fourth-order valence-corrected chi connectivity index (χ4v) is 2.12.